The van der Waals surface area contributed by atoms with Crippen LogP contribution in [0.1, 0.15) is 121 Å². The molecule has 0 aromatic rings. The fraction of sp³-hybridized carbons (Fsp3) is 0.977. The predicted molar refractivity (Wildman–Crippen MR) is 204 cm³/mol. The van der Waals surface area contributed by atoms with Crippen molar-refractivity contribution in [2.24, 2.45) is 44.8 Å². The first-order valence-electron chi connectivity index (χ1n) is 21.4. The first kappa shape index (κ1) is 44.1. The van der Waals surface area contributed by atoms with Crippen LogP contribution in [0.2, 0.25) is 0 Å². The lowest BCUT2D eigenvalue weighted by Crippen LogP contribution is -2.71. The Hall–Kier alpha value is -1.01. The van der Waals surface area contributed by atoms with E-state index in [0.717, 1.165) is 25.7 Å². The fourth-order valence-corrected chi connectivity index (χ4v) is 14.5. The van der Waals surface area contributed by atoms with E-state index in [2.05, 4.69) is 48.5 Å². The van der Waals surface area contributed by atoms with Crippen LogP contribution >= 0.6 is 0 Å². The van der Waals surface area contributed by atoms with E-state index in [1.54, 1.807) is 13.8 Å². The van der Waals surface area contributed by atoms with Gasteiger partial charge in [-0.3, -0.25) is 4.79 Å². The smallest absolute Gasteiger partial charge is 0.303 e. The van der Waals surface area contributed by atoms with Crippen LogP contribution < -0.4 is 0 Å². The molecule has 3 saturated heterocycles. The highest BCUT2D eigenvalue weighted by molar-refractivity contribution is 5.66. The summed E-state index contributed by atoms with van der Waals surface area (Å²) in [6, 6.07) is 0. The third-order valence-electron chi connectivity index (χ3n) is 17.6. The molecular formula is C43H72O14. The number of aliphatic hydroxyl groups excluding tert-OH is 6. The van der Waals surface area contributed by atoms with Crippen molar-refractivity contribution in [2.75, 3.05) is 13.2 Å². The Bertz CT molecular complexity index is 1500. The predicted octanol–water partition coefficient (Wildman–Crippen LogP) is 2.57. The van der Waals surface area contributed by atoms with E-state index in [9.17, 15) is 40.5 Å². The Labute approximate surface area is 337 Å². The van der Waals surface area contributed by atoms with Crippen LogP contribution in [0.3, 0.4) is 0 Å². The van der Waals surface area contributed by atoms with Crippen LogP contribution in [0, 0.1) is 44.8 Å². The van der Waals surface area contributed by atoms with Crippen LogP contribution in [0.15, 0.2) is 0 Å². The van der Waals surface area contributed by atoms with Crippen molar-refractivity contribution >= 4 is 5.97 Å². The molecule has 4 saturated carbocycles. The average molecular weight is 813 g/mol. The van der Waals surface area contributed by atoms with E-state index >= 15 is 0 Å². The molecule has 3 heterocycles. The van der Waals surface area contributed by atoms with Crippen LogP contribution in [0.25, 0.3) is 0 Å². The average Bonchev–Trinajstić information content (AvgIpc) is 3.61. The molecule has 4 aliphatic carbocycles. The zero-order valence-electron chi connectivity index (χ0n) is 35.7. The molecule has 14 heteroatoms. The molecule has 328 valence electrons. The van der Waals surface area contributed by atoms with Gasteiger partial charge in [0.2, 0.25) is 0 Å². The minimum atomic E-state index is -1.49. The van der Waals surface area contributed by atoms with Crippen LogP contribution in [-0.4, -0.2) is 140 Å². The monoisotopic (exact) mass is 812 g/mol. The zero-order chi connectivity index (χ0) is 42.1. The van der Waals surface area contributed by atoms with E-state index in [1.807, 2.05) is 0 Å². The van der Waals surface area contributed by atoms with Crippen molar-refractivity contribution in [3.8, 4) is 0 Å². The third-order valence-corrected chi connectivity index (χ3v) is 17.6. The number of esters is 1. The number of hydrogen-bond acceptors (Lipinski definition) is 14. The van der Waals surface area contributed by atoms with Gasteiger partial charge in [-0.15, -0.1) is 0 Å². The highest BCUT2D eigenvalue weighted by Crippen LogP contribution is 2.79. The summed E-state index contributed by atoms with van der Waals surface area (Å²) < 4.78 is 37.4. The molecule has 0 aromatic carbocycles. The molecular weight excluding hydrogens is 740 g/mol. The zero-order valence-corrected chi connectivity index (χ0v) is 35.7. The van der Waals surface area contributed by atoms with Gasteiger partial charge < -0.3 is 64.2 Å². The maximum absolute atomic E-state index is 12.3. The largest absolute Gasteiger partial charge is 0.457 e. The SMILES string of the molecule is CC(=O)OC1C(O)COC(OC2CCC3(C)C(C(OC4OCC(O)C(O)C4O)CC4C5(C)CC(O)C(C6(C)CCC(C(C)(C)O)O6)C5(C)CCC43C)C2(C)C)C1O. The Kier molecular flexibility index (Phi) is 11.2. The number of hydrogen-bond donors (Lipinski definition) is 7. The van der Waals surface area contributed by atoms with Crippen LogP contribution in [0.5, 0.6) is 0 Å². The normalized spacial score (nSPS) is 55.1. The molecule has 20 unspecified atom stereocenters. The van der Waals surface area contributed by atoms with Crippen molar-refractivity contribution in [1.29, 1.82) is 0 Å². The third kappa shape index (κ3) is 6.68. The fourth-order valence-electron chi connectivity index (χ4n) is 14.5. The minimum absolute atomic E-state index is 0.0451. The summed E-state index contributed by atoms with van der Waals surface area (Å²) in [5.74, 6) is -0.972. The number of rotatable bonds is 7. The molecule has 0 amide bonds. The highest BCUT2D eigenvalue weighted by atomic mass is 16.7. The van der Waals surface area contributed by atoms with Crippen molar-refractivity contribution < 1.29 is 69.0 Å². The molecule has 20 atom stereocenters. The molecule has 14 nitrogen and oxygen atoms in total. The molecule has 57 heavy (non-hydrogen) atoms. The maximum Gasteiger partial charge on any atom is 0.303 e. The number of fused-ring (bicyclic) bond motifs is 5. The molecule has 7 fully saturated rings. The van der Waals surface area contributed by atoms with E-state index in [0.29, 0.717) is 25.7 Å². The van der Waals surface area contributed by atoms with Gasteiger partial charge in [-0.1, -0.05) is 41.5 Å². The van der Waals surface area contributed by atoms with E-state index in [-0.39, 0.29) is 58.7 Å². The summed E-state index contributed by atoms with van der Waals surface area (Å²) in [4.78, 5) is 11.9. The first-order valence-corrected chi connectivity index (χ1v) is 21.4. The van der Waals surface area contributed by atoms with E-state index < -0.39 is 90.1 Å². The summed E-state index contributed by atoms with van der Waals surface area (Å²) in [7, 11) is 0. The van der Waals surface area contributed by atoms with E-state index in [4.69, 9.17) is 28.4 Å². The van der Waals surface area contributed by atoms with Gasteiger partial charge in [-0.2, -0.15) is 0 Å². The second kappa shape index (κ2) is 14.5. The number of carbonyl (C=O) groups is 1. The Morgan fingerprint density at radius 1 is 0.684 bits per heavy atom. The molecule has 0 bridgehead atoms. The summed E-state index contributed by atoms with van der Waals surface area (Å²) in [5.41, 5.74) is -3.61. The molecule has 3 aliphatic heterocycles. The molecule has 7 N–H and O–H groups in total. The maximum atomic E-state index is 12.3. The van der Waals surface area contributed by atoms with Gasteiger partial charge in [-0.25, -0.2) is 0 Å². The van der Waals surface area contributed by atoms with Crippen LogP contribution in [0.4, 0.5) is 0 Å². The summed E-state index contributed by atoms with van der Waals surface area (Å²) in [6.45, 7) is 20.2. The lowest BCUT2D eigenvalue weighted by atomic mass is 9.32. The van der Waals surface area contributed by atoms with Crippen molar-refractivity contribution in [3.05, 3.63) is 0 Å². The summed E-state index contributed by atoms with van der Waals surface area (Å²) in [5, 5.41) is 77.2. The van der Waals surface area contributed by atoms with Crippen molar-refractivity contribution in [1.82, 2.24) is 0 Å². The molecule has 0 aromatic heterocycles. The lowest BCUT2D eigenvalue weighted by Gasteiger charge is -2.73. The van der Waals surface area contributed by atoms with Gasteiger partial charge in [0.15, 0.2) is 18.7 Å². The molecule has 7 rings (SSSR count). The number of ether oxygens (including phenoxy) is 6. The quantitative estimate of drug-likeness (QED) is 0.146. The topological polar surface area (TPSA) is 214 Å². The second-order valence-electron chi connectivity index (χ2n) is 21.5. The standard InChI is InChI=1S/C43H72O14/c1-21(44)54-32-24(47)20-53-36(31(32)50)56-27-11-13-40(7)34(37(27,2)3)25(55-35-30(49)29(48)23(46)19-52-35)17-26-39(40,6)15-16-41(8)33(22(45)18-42(26,41)9)43(10)14-12-28(57-43)38(4,5)51/h22-36,45-51H,11-20H2,1-10H3. The van der Waals surface area contributed by atoms with Gasteiger partial charge in [0, 0.05) is 12.8 Å². The second-order valence-corrected chi connectivity index (χ2v) is 21.5. The molecule has 7 aliphatic rings. The van der Waals surface area contributed by atoms with E-state index in [1.165, 1.54) is 6.92 Å². The number of carbonyl (C=O) groups excluding carboxylic acids is 1. The van der Waals surface area contributed by atoms with Gasteiger partial charge in [0.1, 0.15) is 30.5 Å². The van der Waals surface area contributed by atoms with Crippen molar-refractivity contribution in [3.63, 3.8) is 0 Å². The Morgan fingerprint density at radius 3 is 1.89 bits per heavy atom. The minimum Gasteiger partial charge on any atom is -0.457 e. The van der Waals surface area contributed by atoms with Crippen LogP contribution in [-0.2, 0) is 33.2 Å². The number of aliphatic hydroxyl groups is 7. The van der Waals surface area contributed by atoms with Gasteiger partial charge in [0.05, 0.1) is 48.8 Å². The van der Waals surface area contributed by atoms with Crippen molar-refractivity contribution in [2.45, 2.75) is 205 Å². The highest BCUT2D eigenvalue weighted by Gasteiger charge is 2.76. The molecule has 0 radical (unpaired) electrons. The van der Waals surface area contributed by atoms with Gasteiger partial charge >= 0.3 is 5.97 Å². The summed E-state index contributed by atoms with van der Waals surface area (Å²) in [6.07, 6.45) is -6.71. The molecule has 0 spiro atoms. The van der Waals surface area contributed by atoms with Gasteiger partial charge in [0.25, 0.3) is 0 Å². The lowest BCUT2D eigenvalue weighted by molar-refractivity contribution is -0.347. The Balaban J connectivity index is 1.25. The first-order chi connectivity index (χ1) is 26.2. The summed E-state index contributed by atoms with van der Waals surface area (Å²) >= 11 is 0. The Morgan fingerprint density at radius 2 is 1.28 bits per heavy atom. The van der Waals surface area contributed by atoms with Gasteiger partial charge in [-0.05, 0) is 111 Å².